The van der Waals surface area contributed by atoms with Crippen LogP contribution in [0.5, 0.6) is 0 Å². The summed E-state index contributed by atoms with van der Waals surface area (Å²) in [5.41, 5.74) is 3.63. The fraction of sp³-hybridized carbons (Fsp3) is 0.267. The zero-order chi connectivity index (χ0) is 13.1. The Bertz CT molecular complexity index is 552. The van der Waals surface area contributed by atoms with Crippen LogP contribution in [0, 0.1) is 19.7 Å². The second-order valence-corrected chi connectivity index (χ2v) is 4.50. The lowest BCUT2D eigenvalue weighted by molar-refractivity contribution is 0.569. The molecule has 1 N–H and O–H groups in total. The Kier molecular flexibility index (Phi) is 3.72. The molecule has 0 radical (unpaired) electrons. The number of aromatic nitrogens is 1. The molecule has 18 heavy (non-hydrogen) atoms. The molecule has 0 aliphatic heterocycles. The number of aryl methyl sites for hydroxylation is 2. The van der Waals surface area contributed by atoms with Crippen LogP contribution in [-0.2, 0) is 0 Å². The number of benzene rings is 1. The average Bonchev–Trinajstić information content (AvgIpc) is 2.35. The highest BCUT2D eigenvalue weighted by Gasteiger charge is 2.17. The number of halogens is 1. The van der Waals surface area contributed by atoms with Gasteiger partial charge in [0.05, 0.1) is 11.7 Å². The van der Waals surface area contributed by atoms with E-state index in [-0.39, 0.29) is 11.9 Å². The minimum Gasteiger partial charge on any atom is -0.308 e. The highest BCUT2D eigenvalue weighted by Crippen LogP contribution is 2.24. The minimum atomic E-state index is -0.218. The van der Waals surface area contributed by atoms with Crippen molar-refractivity contribution >= 4 is 0 Å². The summed E-state index contributed by atoms with van der Waals surface area (Å²) in [7, 11) is 1.82. The topological polar surface area (TPSA) is 24.9 Å². The van der Waals surface area contributed by atoms with Crippen LogP contribution in [0.3, 0.4) is 0 Å². The quantitative estimate of drug-likeness (QED) is 0.897. The molecule has 1 aromatic carbocycles. The Morgan fingerprint density at radius 3 is 2.50 bits per heavy atom. The molecule has 0 spiro atoms. The SMILES string of the molecule is CNC(c1cc(C)ccn1)c1cc(C)ccc1F. The molecule has 3 heteroatoms. The van der Waals surface area contributed by atoms with E-state index in [0.717, 1.165) is 16.8 Å². The van der Waals surface area contributed by atoms with Gasteiger partial charge in [0.25, 0.3) is 0 Å². The van der Waals surface area contributed by atoms with Gasteiger partial charge in [0.1, 0.15) is 5.82 Å². The number of nitrogens with zero attached hydrogens (tertiary/aromatic N) is 1. The molecular weight excluding hydrogens is 227 g/mol. The molecule has 1 unspecified atom stereocenters. The van der Waals surface area contributed by atoms with Crippen LogP contribution in [0.25, 0.3) is 0 Å². The number of hydrogen-bond donors (Lipinski definition) is 1. The molecular formula is C15H17FN2. The number of nitrogens with one attached hydrogen (secondary N) is 1. The Hall–Kier alpha value is -1.74. The van der Waals surface area contributed by atoms with Gasteiger partial charge < -0.3 is 5.32 Å². The number of rotatable bonds is 3. The van der Waals surface area contributed by atoms with Crippen molar-refractivity contribution in [2.24, 2.45) is 0 Å². The van der Waals surface area contributed by atoms with E-state index in [1.54, 1.807) is 12.3 Å². The van der Waals surface area contributed by atoms with E-state index in [1.165, 1.54) is 6.07 Å². The van der Waals surface area contributed by atoms with Gasteiger partial charge in [-0.15, -0.1) is 0 Å². The van der Waals surface area contributed by atoms with Crippen molar-refractivity contribution in [1.29, 1.82) is 0 Å². The second kappa shape index (κ2) is 5.27. The maximum absolute atomic E-state index is 13.9. The average molecular weight is 244 g/mol. The predicted molar refractivity (Wildman–Crippen MR) is 71.0 cm³/mol. The van der Waals surface area contributed by atoms with Crippen molar-refractivity contribution in [3.8, 4) is 0 Å². The summed E-state index contributed by atoms with van der Waals surface area (Å²) in [5, 5.41) is 3.13. The zero-order valence-corrected chi connectivity index (χ0v) is 10.9. The smallest absolute Gasteiger partial charge is 0.128 e. The molecule has 1 aromatic heterocycles. The van der Waals surface area contributed by atoms with Gasteiger partial charge in [0.2, 0.25) is 0 Å². The van der Waals surface area contributed by atoms with Crippen molar-refractivity contribution in [2.45, 2.75) is 19.9 Å². The van der Waals surface area contributed by atoms with Crippen LogP contribution in [0.15, 0.2) is 36.5 Å². The first-order chi connectivity index (χ1) is 8.61. The van der Waals surface area contributed by atoms with Crippen molar-refractivity contribution in [3.05, 3.63) is 64.7 Å². The molecule has 2 aromatic rings. The van der Waals surface area contributed by atoms with Gasteiger partial charge in [0, 0.05) is 11.8 Å². The predicted octanol–water partition coefficient (Wildman–Crippen LogP) is 3.15. The molecule has 1 atom stereocenters. The van der Waals surface area contributed by atoms with Crippen molar-refractivity contribution in [2.75, 3.05) is 7.05 Å². The summed E-state index contributed by atoms with van der Waals surface area (Å²) in [6, 6.07) is 8.83. The lowest BCUT2D eigenvalue weighted by atomic mass is 10.00. The summed E-state index contributed by atoms with van der Waals surface area (Å²) in [5.74, 6) is -0.205. The zero-order valence-electron chi connectivity index (χ0n) is 10.9. The summed E-state index contributed by atoms with van der Waals surface area (Å²) < 4.78 is 13.9. The van der Waals surface area contributed by atoms with E-state index in [2.05, 4.69) is 10.3 Å². The molecule has 2 nitrogen and oxygen atoms in total. The molecule has 0 saturated heterocycles. The molecule has 2 rings (SSSR count). The Labute approximate surface area is 107 Å². The molecule has 0 bridgehead atoms. The van der Waals surface area contributed by atoms with Crippen LogP contribution in [0.4, 0.5) is 4.39 Å². The van der Waals surface area contributed by atoms with Crippen LogP contribution in [0.2, 0.25) is 0 Å². The van der Waals surface area contributed by atoms with E-state index in [4.69, 9.17) is 0 Å². The van der Waals surface area contributed by atoms with Gasteiger partial charge in [-0.1, -0.05) is 17.7 Å². The summed E-state index contributed by atoms with van der Waals surface area (Å²) in [6.07, 6.45) is 1.75. The first-order valence-electron chi connectivity index (χ1n) is 5.97. The second-order valence-electron chi connectivity index (χ2n) is 4.50. The van der Waals surface area contributed by atoms with Crippen LogP contribution < -0.4 is 5.32 Å². The Balaban J connectivity index is 2.48. The molecule has 0 aliphatic rings. The van der Waals surface area contributed by atoms with E-state index < -0.39 is 0 Å². The van der Waals surface area contributed by atoms with Gasteiger partial charge in [-0.05, 0) is 44.7 Å². The van der Waals surface area contributed by atoms with Crippen LogP contribution >= 0.6 is 0 Å². The third kappa shape index (κ3) is 2.57. The van der Waals surface area contributed by atoms with E-state index in [0.29, 0.717) is 5.56 Å². The van der Waals surface area contributed by atoms with E-state index in [1.807, 2.05) is 39.1 Å². The molecule has 94 valence electrons. The first kappa shape index (κ1) is 12.7. The van der Waals surface area contributed by atoms with Gasteiger partial charge in [-0.2, -0.15) is 0 Å². The monoisotopic (exact) mass is 244 g/mol. The van der Waals surface area contributed by atoms with Crippen LogP contribution in [-0.4, -0.2) is 12.0 Å². The first-order valence-corrected chi connectivity index (χ1v) is 5.97. The molecule has 0 aliphatic carbocycles. The lowest BCUT2D eigenvalue weighted by Crippen LogP contribution is -2.20. The lowest BCUT2D eigenvalue weighted by Gasteiger charge is -2.17. The maximum Gasteiger partial charge on any atom is 0.128 e. The third-order valence-corrected chi connectivity index (χ3v) is 2.98. The standard InChI is InChI=1S/C15H17FN2/c1-10-4-5-13(16)12(8-10)15(17-3)14-9-11(2)6-7-18-14/h4-9,15,17H,1-3H3. The summed E-state index contributed by atoms with van der Waals surface area (Å²) >= 11 is 0. The fourth-order valence-corrected chi connectivity index (χ4v) is 2.06. The fourth-order valence-electron chi connectivity index (χ4n) is 2.06. The molecule has 0 fully saturated rings. The Morgan fingerprint density at radius 2 is 1.83 bits per heavy atom. The van der Waals surface area contributed by atoms with E-state index in [9.17, 15) is 4.39 Å². The maximum atomic E-state index is 13.9. The normalized spacial score (nSPS) is 12.4. The van der Waals surface area contributed by atoms with Crippen molar-refractivity contribution < 1.29 is 4.39 Å². The number of pyridine rings is 1. The largest absolute Gasteiger partial charge is 0.308 e. The van der Waals surface area contributed by atoms with Crippen molar-refractivity contribution in [3.63, 3.8) is 0 Å². The Morgan fingerprint density at radius 1 is 1.11 bits per heavy atom. The van der Waals surface area contributed by atoms with Gasteiger partial charge in [-0.3, -0.25) is 4.98 Å². The summed E-state index contributed by atoms with van der Waals surface area (Å²) in [4.78, 5) is 4.33. The van der Waals surface area contributed by atoms with E-state index >= 15 is 0 Å². The van der Waals surface area contributed by atoms with Crippen LogP contribution in [0.1, 0.15) is 28.4 Å². The molecule has 0 amide bonds. The van der Waals surface area contributed by atoms with Gasteiger partial charge in [0.15, 0.2) is 0 Å². The highest BCUT2D eigenvalue weighted by atomic mass is 19.1. The third-order valence-electron chi connectivity index (χ3n) is 2.98. The molecule has 0 saturated carbocycles. The van der Waals surface area contributed by atoms with Crippen molar-refractivity contribution in [1.82, 2.24) is 10.3 Å². The minimum absolute atomic E-state index is 0.205. The molecule has 1 heterocycles. The van der Waals surface area contributed by atoms with Gasteiger partial charge in [-0.25, -0.2) is 4.39 Å². The van der Waals surface area contributed by atoms with Gasteiger partial charge >= 0.3 is 0 Å². The summed E-state index contributed by atoms with van der Waals surface area (Å²) in [6.45, 7) is 3.96. The highest BCUT2D eigenvalue weighted by molar-refractivity contribution is 5.33. The number of hydrogen-bond acceptors (Lipinski definition) is 2.